The van der Waals surface area contributed by atoms with E-state index in [0.29, 0.717) is 5.06 Å². The molecular formula is C8H15NO3. The monoisotopic (exact) mass is 173 g/mol. The van der Waals surface area contributed by atoms with Gasteiger partial charge in [-0.15, -0.1) is 0 Å². The van der Waals surface area contributed by atoms with Crippen LogP contribution in [0.2, 0.25) is 0 Å². The van der Waals surface area contributed by atoms with Gasteiger partial charge in [-0.25, -0.2) is 4.79 Å². The summed E-state index contributed by atoms with van der Waals surface area (Å²) in [6, 6.07) is -0.198. The summed E-state index contributed by atoms with van der Waals surface area (Å²) in [5.74, 6) is 0.278. The lowest BCUT2D eigenvalue weighted by atomic mass is 9.86. The molecular weight excluding hydrogens is 158 g/mol. The first kappa shape index (κ1) is 9.32. The molecule has 0 spiro atoms. The van der Waals surface area contributed by atoms with Crippen LogP contribution < -0.4 is 0 Å². The number of rotatable bonds is 1. The number of carbonyl (C=O) groups is 1. The Morgan fingerprint density at radius 1 is 1.42 bits per heavy atom. The highest BCUT2D eigenvalue weighted by atomic mass is 16.6. The van der Waals surface area contributed by atoms with E-state index in [9.17, 15) is 4.79 Å². The molecule has 4 nitrogen and oxygen atoms in total. The molecule has 1 saturated carbocycles. The molecule has 1 rings (SSSR count). The van der Waals surface area contributed by atoms with E-state index in [4.69, 9.17) is 10.3 Å². The largest absolute Gasteiger partial charge is 0.463 e. The maximum absolute atomic E-state index is 10.4. The van der Waals surface area contributed by atoms with E-state index in [1.807, 2.05) is 6.92 Å². The Bertz CT molecular complexity index is 172. The van der Waals surface area contributed by atoms with E-state index in [-0.39, 0.29) is 12.0 Å². The average Bonchev–Trinajstić information content (AvgIpc) is 2.04. The molecule has 0 aromatic heterocycles. The van der Waals surface area contributed by atoms with Crippen molar-refractivity contribution in [3.8, 4) is 0 Å². The van der Waals surface area contributed by atoms with Gasteiger partial charge in [0.2, 0.25) is 0 Å². The number of nitrogens with zero attached hydrogens (tertiary/aromatic N) is 1. The Morgan fingerprint density at radius 3 is 2.50 bits per heavy atom. The van der Waals surface area contributed by atoms with Crippen LogP contribution in [0.1, 0.15) is 32.6 Å². The quantitative estimate of drug-likeness (QED) is 0.470. The summed E-state index contributed by atoms with van der Waals surface area (Å²) in [6.07, 6.45) is 2.71. The Hall–Kier alpha value is -0.770. The fourth-order valence-electron chi connectivity index (χ4n) is 1.80. The minimum atomic E-state index is -1.24. The number of hydrogen-bond acceptors (Lipinski definition) is 2. The fourth-order valence-corrected chi connectivity index (χ4v) is 1.80. The SMILES string of the molecule is CC1CCCCC1N(O)C(=O)O. The molecule has 1 aliphatic carbocycles. The van der Waals surface area contributed by atoms with Gasteiger partial charge >= 0.3 is 6.09 Å². The maximum Gasteiger partial charge on any atom is 0.431 e. The van der Waals surface area contributed by atoms with Crippen molar-refractivity contribution in [2.24, 2.45) is 5.92 Å². The average molecular weight is 173 g/mol. The van der Waals surface area contributed by atoms with Crippen LogP contribution >= 0.6 is 0 Å². The Morgan fingerprint density at radius 2 is 2.00 bits per heavy atom. The summed E-state index contributed by atoms with van der Waals surface area (Å²) in [5.41, 5.74) is 0. The zero-order chi connectivity index (χ0) is 9.14. The number of hydroxylamine groups is 2. The van der Waals surface area contributed by atoms with Crippen LogP contribution in [0.5, 0.6) is 0 Å². The molecule has 12 heavy (non-hydrogen) atoms. The second kappa shape index (κ2) is 3.76. The number of carboxylic acid groups (broad SMARTS) is 1. The van der Waals surface area contributed by atoms with Crippen molar-refractivity contribution in [3.05, 3.63) is 0 Å². The van der Waals surface area contributed by atoms with E-state index in [2.05, 4.69) is 0 Å². The fraction of sp³-hybridized carbons (Fsp3) is 0.875. The molecule has 1 aliphatic rings. The summed E-state index contributed by atoms with van der Waals surface area (Å²) < 4.78 is 0. The van der Waals surface area contributed by atoms with Crippen LogP contribution in [0.4, 0.5) is 4.79 Å². The van der Waals surface area contributed by atoms with E-state index < -0.39 is 6.09 Å². The molecule has 0 heterocycles. The van der Waals surface area contributed by atoms with Gasteiger partial charge in [-0.2, -0.15) is 5.06 Å². The Balaban J connectivity index is 2.53. The van der Waals surface area contributed by atoms with Gasteiger partial charge in [0.1, 0.15) is 0 Å². The molecule has 0 bridgehead atoms. The zero-order valence-electron chi connectivity index (χ0n) is 7.23. The van der Waals surface area contributed by atoms with Gasteiger partial charge in [-0.3, -0.25) is 5.21 Å². The first-order valence-electron chi connectivity index (χ1n) is 4.34. The van der Waals surface area contributed by atoms with Gasteiger partial charge in [-0.1, -0.05) is 19.8 Å². The lowest BCUT2D eigenvalue weighted by molar-refractivity contribution is -0.117. The molecule has 4 heteroatoms. The highest BCUT2D eigenvalue weighted by Gasteiger charge is 2.29. The number of hydrogen-bond donors (Lipinski definition) is 2. The van der Waals surface area contributed by atoms with Crippen LogP contribution in [0.25, 0.3) is 0 Å². The molecule has 0 saturated heterocycles. The summed E-state index contributed by atoms with van der Waals surface area (Å²) in [7, 11) is 0. The van der Waals surface area contributed by atoms with E-state index in [1.165, 1.54) is 0 Å². The minimum Gasteiger partial charge on any atom is -0.463 e. The normalized spacial score (nSPS) is 29.8. The van der Waals surface area contributed by atoms with E-state index in [0.717, 1.165) is 25.7 Å². The standard InChI is InChI=1S/C8H15NO3/c1-6-4-2-3-5-7(6)9(12)8(10)11/h6-7,12H,2-5H2,1H3,(H,10,11). The van der Waals surface area contributed by atoms with Crippen molar-refractivity contribution in [3.63, 3.8) is 0 Å². The van der Waals surface area contributed by atoms with Crippen molar-refractivity contribution in [1.82, 2.24) is 5.06 Å². The molecule has 1 amide bonds. The van der Waals surface area contributed by atoms with Crippen LogP contribution in [-0.4, -0.2) is 27.5 Å². The topological polar surface area (TPSA) is 60.8 Å². The maximum atomic E-state index is 10.4. The first-order chi connectivity index (χ1) is 5.63. The molecule has 2 unspecified atom stereocenters. The van der Waals surface area contributed by atoms with Gasteiger partial charge in [0.15, 0.2) is 0 Å². The van der Waals surface area contributed by atoms with Crippen LogP contribution in [0, 0.1) is 5.92 Å². The van der Waals surface area contributed by atoms with Gasteiger partial charge in [-0.05, 0) is 18.8 Å². The zero-order valence-corrected chi connectivity index (χ0v) is 7.23. The molecule has 70 valence electrons. The lowest BCUT2D eigenvalue weighted by Gasteiger charge is -2.32. The van der Waals surface area contributed by atoms with Crippen LogP contribution in [-0.2, 0) is 0 Å². The van der Waals surface area contributed by atoms with Crippen molar-refractivity contribution in [1.29, 1.82) is 0 Å². The van der Waals surface area contributed by atoms with E-state index >= 15 is 0 Å². The van der Waals surface area contributed by atoms with Crippen LogP contribution in [0.3, 0.4) is 0 Å². The molecule has 0 aliphatic heterocycles. The minimum absolute atomic E-state index is 0.198. The third-order valence-electron chi connectivity index (χ3n) is 2.58. The predicted molar refractivity (Wildman–Crippen MR) is 43.1 cm³/mol. The van der Waals surface area contributed by atoms with Gasteiger partial charge in [0.05, 0.1) is 6.04 Å². The highest BCUT2D eigenvalue weighted by Crippen LogP contribution is 2.27. The van der Waals surface area contributed by atoms with Gasteiger partial charge < -0.3 is 5.11 Å². The Labute approximate surface area is 71.8 Å². The molecule has 2 atom stereocenters. The smallest absolute Gasteiger partial charge is 0.431 e. The summed E-state index contributed by atoms with van der Waals surface area (Å²) >= 11 is 0. The molecule has 1 fully saturated rings. The van der Waals surface area contributed by atoms with Crippen molar-refractivity contribution in [2.75, 3.05) is 0 Å². The molecule has 0 radical (unpaired) electrons. The number of amides is 1. The second-order valence-corrected chi connectivity index (χ2v) is 3.46. The second-order valence-electron chi connectivity index (χ2n) is 3.46. The third-order valence-corrected chi connectivity index (χ3v) is 2.58. The van der Waals surface area contributed by atoms with Gasteiger partial charge in [0, 0.05) is 0 Å². The Kier molecular flexibility index (Phi) is 2.92. The molecule has 0 aromatic carbocycles. The lowest BCUT2D eigenvalue weighted by Crippen LogP contribution is -2.42. The summed E-state index contributed by atoms with van der Waals surface area (Å²) in [4.78, 5) is 10.4. The molecule has 0 aromatic rings. The van der Waals surface area contributed by atoms with Crippen molar-refractivity contribution in [2.45, 2.75) is 38.6 Å². The molecule has 2 N–H and O–H groups in total. The van der Waals surface area contributed by atoms with Crippen LogP contribution in [0.15, 0.2) is 0 Å². The van der Waals surface area contributed by atoms with E-state index in [1.54, 1.807) is 0 Å². The highest BCUT2D eigenvalue weighted by molar-refractivity contribution is 5.63. The predicted octanol–water partition coefficient (Wildman–Crippen LogP) is 1.93. The third kappa shape index (κ3) is 1.88. The summed E-state index contributed by atoms with van der Waals surface area (Å²) in [6.45, 7) is 1.98. The van der Waals surface area contributed by atoms with Gasteiger partial charge in [0.25, 0.3) is 0 Å². The van der Waals surface area contributed by atoms with Crippen molar-refractivity contribution >= 4 is 6.09 Å². The van der Waals surface area contributed by atoms with Crippen molar-refractivity contribution < 1.29 is 15.1 Å². The summed E-state index contributed by atoms with van der Waals surface area (Å²) in [5, 5.41) is 18.1. The first-order valence-corrected chi connectivity index (χ1v) is 4.34.